The molecule has 2 N–H and O–H groups in total. The molecule has 0 aliphatic carbocycles. The number of ether oxygens (including phenoxy) is 2. The molecule has 1 fully saturated rings. The Bertz CT molecular complexity index is 843. The summed E-state index contributed by atoms with van der Waals surface area (Å²) in [6, 6.07) is 11.5. The maximum atomic E-state index is 15.5. The van der Waals surface area contributed by atoms with Gasteiger partial charge in [0, 0.05) is 30.9 Å². The molecule has 30 heavy (non-hydrogen) atoms. The first-order valence-electron chi connectivity index (χ1n) is 10.2. The van der Waals surface area contributed by atoms with Crippen LogP contribution in [0, 0.1) is 11.7 Å². The highest BCUT2D eigenvalue weighted by atomic mass is 35.5. The van der Waals surface area contributed by atoms with Crippen LogP contribution >= 0.6 is 11.6 Å². The fourth-order valence-electron chi connectivity index (χ4n) is 3.78. The number of rotatable bonds is 9. The van der Waals surface area contributed by atoms with E-state index in [0.717, 1.165) is 12.8 Å². The lowest BCUT2D eigenvalue weighted by molar-refractivity contribution is -0.137. The summed E-state index contributed by atoms with van der Waals surface area (Å²) in [5.74, 6) is -0.599. The van der Waals surface area contributed by atoms with Gasteiger partial charge in [-0.3, -0.25) is 4.79 Å². The molecule has 1 heterocycles. The summed E-state index contributed by atoms with van der Waals surface area (Å²) in [7, 11) is 0. The van der Waals surface area contributed by atoms with Crippen LogP contribution in [0.1, 0.15) is 44.2 Å². The van der Waals surface area contributed by atoms with E-state index in [1.54, 1.807) is 43.3 Å². The zero-order valence-electron chi connectivity index (χ0n) is 16.9. The van der Waals surface area contributed by atoms with Crippen molar-refractivity contribution >= 4 is 17.6 Å². The summed E-state index contributed by atoms with van der Waals surface area (Å²) in [6.07, 6.45) is 2.42. The van der Waals surface area contributed by atoms with Gasteiger partial charge >= 0.3 is 5.97 Å². The Kier molecular flexibility index (Phi) is 8.08. The molecule has 0 spiro atoms. The molecule has 2 aromatic carbocycles. The average Bonchev–Trinajstić information content (AvgIpc) is 2.72. The Morgan fingerprint density at radius 3 is 2.63 bits per heavy atom. The van der Waals surface area contributed by atoms with Gasteiger partial charge in [0.1, 0.15) is 5.75 Å². The summed E-state index contributed by atoms with van der Waals surface area (Å²) in [5, 5.41) is 12.6. The minimum absolute atomic E-state index is 0.0231. The Labute approximate surface area is 181 Å². The smallest absolute Gasteiger partial charge is 0.304 e. The fourth-order valence-corrected chi connectivity index (χ4v) is 3.97. The van der Waals surface area contributed by atoms with E-state index in [2.05, 4.69) is 5.32 Å². The molecule has 1 aliphatic heterocycles. The average molecular weight is 436 g/mol. The maximum absolute atomic E-state index is 15.5. The molecule has 1 saturated heterocycles. The fraction of sp³-hybridized carbons (Fsp3) is 0.435. The molecule has 162 valence electrons. The standard InChI is InChI=1S/C23H27ClFNO4/c1-15(13-21(27)28)26-20(14-16-9-11-29-12-10-16)18-7-8-19(24)23(22(18)25)30-17-5-3-2-4-6-17/h2-8,15-16,20,26H,9-14H2,1H3,(H,27,28)/t15?,20-/m1/s1. The highest BCUT2D eigenvalue weighted by Crippen LogP contribution is 2.38. The van der Waals surface area contributed by atoms with E-state index in [-0.39, 0.29) is 29.3 Å². The topological polar surface area (TPSA) is 67.8 Å². The first-order valence-corrected chi connectivity index (χ1v) is 10.6. The van der Waals surface area contributed by atoms with Crippen LogP contribution in [0.2, 0.25) is 5.02 Å². The molecule has 7 heteroatoms. The number of carbonyl (C=O) groups is 1. The second-order valence-corrected chi connectivity index (χ2v) is 8.11. The molecule has 2 atom stereocenters. The summed E-state index contributed by atoms with van der Waals surface area (Å²) < 4.78 is 26.7. The number of aliphatic carboxylic acids is 1. The highest BCUT2D eigenvalue weighted by Gasteiger charge is 2.27. The van der Waals surface area contributed by atoms with Gasteiger partial charge < -0.3 is 19.9 Å². The SMILES string of the molecule is CC(CC(=O)O)N[C@H](CC1CCOCC1)c1ccc(Cl)c(Oc2ccccc2)c1F. The van der Waals surface area contributed by atoms with Crippen molar-refractivity contribution in [1.82, 2.24) is 5.32 Å². The molecule has 1 unspecified atom stereocenters. The minimum Gasteiger partial charge on any atom is -0.481 e. The van der Waals surface area contributed by atoms with Crippen molar-refractivity contribution in [1.29, 1.82) is 0 Å². The third-order valence-electron chi connectivity index (χ3n) is 5.29. The second kappa shape index (κ2) is 10.8. The van der Waals surface area contributed by atoms with E-state index < -0.39 is 11.8 Å². The van der Waals surface area contributed by atoms with Gasteiger partial charge in [-0.2, -0.15) is 0 Å². The summed E-state index contributed by atoms with van der Waals surface area (Å²) >= 11 is 6.24. The van der Waals surface area contributed by atoms with Crippen molar-refractivity contribution in [2.24, 2.45) is 5.92 Å². The zero-order chi connectivity index (χ0) is 21.5. The van der Waals surface area contributed by atoms with E-state index in [1.807, 2.05) is 6.07 Å². The lowest BCUT2D eigenvalue weighted by Crippen LogP contribution is -2.34. The molecular weight excluding hydrogens is 409 g/mol. The Morgan fingerprint density at radius 1 is 1.27 bits per heavy atom. The third kappa shape index (κ3) is 6.17. The lowest BCUT2D eigenvalue weighted by Gasteiger charge is -2.30. The van der Waals surface area contributed by atoms with Gasteiger partial charge in [0.2, 0.25) is 0 Å². The van der Waals surface area contributed by atoms with Gasteiger partial charge in [-0.15, -0.1) is 0 Å². The van der Waals surface area contributed by atoms with Crippen LogP contribution in [-0.2, 0) is 9.53 Å². The van der Waals surface area contributed by atoms with Crippen molar-refractivity contribution in [2.75, 3.05) is 13.2 Å². The van der Waals surface area contributed by atoms with E-state index in [1.165, 1.54) is 0 Å². The van der Waals surface area contributed by atoms with Crippen LogP contribution in [0.5, 0.6) is 11.5 Å². The van der Waals surface area contributed by atoms with Crippen LogP contribution in [-0.4, -0.2) is 30.3 Å². The number of hydrogen-bond acceptors (Lipinski definition) is 4. The predicted octanol–water partition coefficient (Wildman–Crippen LogP) is 5.58. The number of nitrogens with one attached hydrogen (secondary N) is 1. The van der Waals surface area contributed by atoms with Crippen LogP contribution in [0.3, 0.4) is 0 Å². The van der Waals surface area contributed by atoms with Crippen molar-refractivity contribution in [2.45, 2.75) is 44.7 Å². The molecule has 3 rings (SSSR count). The zero-order valence-corrected chi connectivity index (χ0v) is 17.7. The van der Waals surface area contributed by atoms with Crippen LogP contribution < -0.4 is 10.1 Å². The second-order valence-electron chi connectivity index (χ2n) is 7.70. The number of carboxylic acids is 1. The highest BCUT2D eigenvalue weighted by molar-refractivity contribution is 6.32. The number of para-hydroxylation sites is 1. The number of carboxylic acid groups (broad SMARTS) is 1. The molecule has 0 radical (unpaired) electrons. The molecule has 0 amide bonds. The minimum atomic E-state index is -0.899. The van der Waals surface area contributed by atoms with Crippen LogP contribution in [0.25, 0.3) is 0 Å². The van der Waals surface area contributed by atoms with E-state index in [0.29, 0.717) is 36.9 Å². The summed E-state index contributed by atoms with van der Waals surface area (Å²) in [6.45, 7) is 3.17. The first-order chi connectivity index (χ1) is 14.4. The van der Waals surface area contributed by atoms with Crippen LogP contribution in [0.15, 0.2) is 42.5 Å². The van der Waals surface area contributed by atoms with Crippen molar-refractivity contribution in [3.05, 3.63) is 58.9 Å². The molecule has 0 aromatic heterocycles. The molecular formula is C23H27ClFNO4. The number of hydrogen-bond donors (Lipinski definition) is 2. The van der Waals surface area contributed by atoms with Crippen molar-refractivity contribution in [3.63, 3.8) is 0 Å². The van der Waals surface area contributed by atoms with E-state index in [4.69, 9.17) is 26.2 Å². The molecule has 1 aliphatic rings. The monoisotopic (exact) mass is 435 g/mol. The van der Waals surface area contributed by atoms with E-state index in [9.17, 15) is 4.79 Å². The molecule has 0 saturated carbocycles. The summed E-state index contributed by atoms with van der Waals surface area (Å²) in [5.41, 5.74) is 0.425. The van der Waals surface area contributed by atoms with Gasteiger partial charge in [-0.05, 0) is 50.3 Å². The number of benzene rings is 2. The number of halogens is 2. The predicted molar refractivity (Wildman–Crippen MR) is 114 cm³/mol. The quantitative estimate of drug-likeness (QED) is 0.538. The van der Waals surface area contributed by atoms with Gasteiger partial charge in [0.15, 0.2) is 11.6 Å². The maximum Gasteiger partial charge on any atom is 0.304 e. The van der Waals surface area contributed by atoms with Gasteiger partial charge in [-0.25, -0.2) is 4.39 Å². The Morgan fingerprint density at radius 2 is 1.97 bits per heavy atom. The first kappa shape index (κ1) is 22.5. The third-order valence-corrected chi connectivity index (χ3v) is 5.59. The van der Waals surface area contributed by atoms with Crippen molar-refractivity contribution < 1.29 is 23.8 Å². The summed E-state index contributed by atoms with van der Waals surface area (Å²) in [4.78, 5) is 11.1. The molecule has 0 bridgehead atoms. The molecule has 2 aromatic rings. The normalized spacial score (nSPS) is 16.8. The lowest BCUT2D eigenvalue weighted by atomic mass is 9.88. The van der Waals surface area contributed by atoms with Gasteiger partial charge in [0.25, 0.3) is 0 Å². The van der Waals surface area contributed by atoms with E-state index >= 15 is 4.39 Å². The molecule has 5 nitrogen and oxygen atoms in total. The van der Waals surface area contributed by atoms with Crippen molar-refractivity contribution in [3.8, 4) is 11.5 Å². The van der Waals surface area contributed by atoms with Crippen LogP contribution in [0.4, 0.5) is 4.39 Å². The largest absolute Gasteiger partial charge is 0.481 e. The van der Waals surface area contributed by atoms with Gasteiger partial charge in [0.05, 0.1) is 11.4 Å². The Balaban J connectivity index is 1.88. The Hall–Kier alpha value is -2.15. The van der Waals surface area contributed by atoms with Gasteiger partial charge in [-0.1, -0.05) is 35.9 Å².